The van der Waals surface area contributed by atoms with Crippen molar-refractivity contribution in [2.45, 2.75) is 44.4 Å². The number of carbonyl (C=O) groups is 2. The molecular weight excluding hydrogens is 578 g/mol. The van der Waals surface area contributed by atoms with E-state index in [0.29, 0.717) is 33.8 Å². The van der Waals surface area contributed by atoms with E-state index in [1.807, 2.05) is 60.4 Å². The molecule has 2 aromatic carbocycles. The summed E-state index contributed by atoms with van der Waals surface area (Å²) in [7, 11) is 3.09. The summed E-state index contributed by atoms with van der Waals surface area (Å²) in [5.41, 5.74) is 4.83. The Bertz CT molecular complexity index is 1440. The van der Waals surface area contributed by atoms with Gasteiger partial charge in [0.2, 0.25) is 0 Å². The quantitative estimate of drug-likeness (QED) is 0.124. The van der Waals surface area contributed by atoms with Crippen molar-refractivity contribution < 1.29 is 28.5 Å². The number of aromatic nitrogens is 2. The van der Waals surface area contributed by atoms with Crippen LogP contribution in [0.15, 0.2) is 88.2 Å². The van der Waals surface area contributed by atoms with Crippen LogP contribution < -0.4 is 5.32 Å². The van der Waals surface area contributed by atoms with Crippen molar-refractivity contribution in [1.29, 1.82) is 0 Å². The number of ether oxygens (including phenoxy) is 4. The fourth-order valence-electron chi connectivity index (χ4n) is 5.02. The largest absolute Gasteiger partial charge is 0.460 e. The number of nitrogens with zero attached hydrogens (tertiary/aromatic N) is 2. The van der Waals surface area contributed by atoms with Gasteiger partial charge in [-0.25, -0.2) is 14.3 Å². The highest BCUT2D eigenvalue weighted by Gasteiger charge is 2.40. The summed E-state index contributed by atoms with van der Waals surface area (Å²) < 4.78 is 23.2. The summed E-state index contributed by atoms with van der Waals surface area (Å²) in [5, 5.41) is 8.24. The average molecular weight is 620 g/mol. The van der Waals surface area contributed by atoms with Gasteiger partial charge in [-0.3, -0.25) is 0 Å². The number of para-hydroxylation sites is 1. The molecule has 0 fully saturated rings. The van der Waals surface area contributed by atoms with Crippen molar-refractivity contribution in [2.24, 2.45) is 0 Å². The van der Waals surface area contributed by atoms with Gasteiger partial charge in [-0.15, -0.1) is 11.8 Å². The molecule has 0 bridgehead atoms. The van der Waals surface area contributed by atoms with Crippen LogP contribution in [0.3, 0.4) is 0 Å². The maximum absolute atomic E-state index is 13.7. The zero-order valence-corrected chi connectivity index (χ0v) is 26.9. The normalized spacial score (nSPS) is 13.7. The molecule has 3 aromatic rings. The molecule has 0 unspecified atom stereocenters. The first kappa shape index (κ1) is 33.0. The first-order valence-corrected chi connectivity index (χ1v) is 15.8. The van der Waals surface area contributed by atoms with Gasteiger partial charge in [-0.05, 0) is 50.3 Å². The number of rotatable bonds is 15. The molecule has 4 rings (SSSR count). The lowest BCUT2D eigenvalue weighted by molar-refractivity contribution is -0.141. The van der Waals surface area contributed by atoms with Crippen molar-refractivity contribution in [1.82, 2.24) is 15.1 Å². The second-order valence-corrected chi connectivity index (χ2v) is 11.5. The number of carbonyl (C=O) groups excluding carboxylic acids is 2. The molecule has 0 aliphatic carbocycles. The van der Waals surface area contributed by atoms with Crippen LogP contribution in [0.5, 0.6) is 0 Å². The highest BCUT2D eigenvalue weighted by atomic mass is 32.2. The first-order valence-electron chi connectivity index (χ1n) is 14.8. The van der Waals surface area contributed by atoms with Crippen LogP contribution in [-0.2, 0) is 28.5 Å². The van der Waals surface area contributed by atoms with Crippen molar-refractivity contribution in [3.05, 3.63) is 88.9 Å². The molecule has 0 radical (unpaired) electrons. The third-order valence-electron chi connectivity index (χ3n) is 7.21. The SMILES string of the molecule is CCCCSc1ccc(-c2nn(-c3ccccc3)cc2C2C(C(=O)OCCOC)=C(C)NC(C)=C2C(=O)OCCOC)cc1. The van der Waals surface area contributed by atoms with Crippen LogP contribution in [0.1, 0.15) is 45.1 Å². The molecule has 0 atom stereocenters. The van der Waals surface area contributed by atoms with E-state index in [1.165, 1.54) is 4.90 Å². The van der Waals surface area contributed by atoms with E-state index < -0.39 is 17.9 Å². The van der Waals surface area contributed by atoms with Gasteiger partial charge in [0.15, 0.2) is 0 Å². The predicted molar refractivity (Wildman–Crippen MR) is 172 cm³/mol. The Balaban J connectivity index is 1.88. The van der Waals surface area contributed by atoms with Crippen molar-refractivity contribution in [2.75, 3.05) is 46.4 Å². The van der Waals surface area contributed by atoms with Gasteiger partial charge in [-0.1, -0.05) is 43.7 Å². The average Bonchev–Trinajstić information content (AvgIpc) is 3.47. The van der Waals surface area contributed by atoms with E-state index in [2.05, 4.69) is 24.4 Å². The minimum atomic E-state index is -0.813. The minimum Gasteiger partial charge on any atom is -0.460 e. The van der Waals surface area contributed by atoms with E-state index >= 15 is 0 Å². The summed E-state index contributed by atoms with van der Waals surface area (Å²) in [6, 6.07) is 18.0. The molecule has 0 saturated heterocycles. The molecular formula is C34H41N3O6S. The standard InChI is InChI=1S/C34H41N3O6S/c1-6-7-21-44-27-15-13-25(14-16-27)32-28(22-37(36-32)26-11-9-8-10-12-26)31-29(33(38)42-19-17-40-4)23(2)35-24(3)30(31)34(39)43-20-18-41-5/h8-16,22,31,35H,6-7,17-21H2,1-5H3. The first-order chi connectivity index (χ1) is 21.4. The smallest absolute Gasteiger partial charge is 0.336 e. The molecule has 234 valence electrons. The zero-order valence-electron chi connectivity index (χ0n) is 26.1. The summed E-state index contributed by atoms with van der Waals surface area (Å²) in [6.07, 6.45) is 4.18. The molecule has 1 aliphatic rings. The number of hydrogen-bond acceptors (Lipinski definition) is 9. The number of nitrogens with one attached hydrogen (secondary N) is 1. The molecule has 1 N–H and O–H groups in total. The Kier molecular flexibility index (Phi) is 12.2. The number of methoxy groups -OCH3 is 2. The van der Waals surface area contributed by atoms with E-state index in [9.17, 15) is 9.59 Å². The Hall–Kier alpha value is -3.86. The number of esters is 2. The van der Waals surface area contributed by atoms with Crippen LogP contribution in [0.25, 0.3) is 16.9 Å². The van der Waals surface area contributed by atoms with Gasteiger partial charge in [0.05, 0.1) is 41.7 Å². The van der Waals surface area contributed by atoms with Crippen molar-refractivity contribution >= 4 is 23.7 Å². The fraction of sp³-hybridized carbons (Fsp3) is 0.382. The molecule has 10 heteroatoms. The Morgan fingerprint density at radius 1 is 0.864 bits per heavy atom. The van der Waals surface area contributed by atoms with Crippen molar-refractivity contribution in [3.8, 4) is 16.9 Å². The lowest BCUT2D eigenvalue weighted by atomic mass is 9.79. The van der Waals surface area contributed by atoms with Gasteiger partial charge in [0.1, 0.15) is 13.2 Å². The topological polar surface area (TPSA) is 101 Å². The minimum absolute atomic E-state index is 0.0719. The van der Waals surface area contributed by atoms with Crippen molar-refractivity contribution in [3.63, 3.8) is 0 Å². The van der Waals surface area contributed by atoms with E-state index in [0.717, 1.165) is 29.8 Å². The van der Waals surface area contributed by atoms with E-state index in [1.54, 1.807) is 32.7 Å². The summed E-state index contributed by atoms with van der Waals surface area (Å²) in [6.45, 7) is 6.43. The van der Waals surface area contributed by atoms with Crippen LogP contribution in [0, 0.1) is 0 Å². The molecule has 0 amide bonds. The molecule has 0 spiro atoms. The predicted octanol–water partition coefficient (Wildman–Crippen LogP) is 6.05. The second kappa shape index (κ2) is 16.3. The summed E-state index contributed by atoms with van der Waals surface area (Å²) in [4.78, 5) is 28.6. The van der Waals surface area contributed by atoms with E-state index in [-0.39, 0.29) is 26.4 Å². The highest BCUT2D eigenvalue weighted by Crippen LogP contribution is 2.43. The lowest BCUT2D eigenvalue weighted by Crippen LogP contribution is -2.33. The molecule has 2 heterocycles. The second-order valence-electron chi connectivity index (χ2n) is 10.3. The number of unbranched alkanes of at least 4 members (excludes halogenated alkanes) is 1. The number of allylic oxidation sites excluding steroid dienone is 2. The molecule has 0 saturated carbocycles. The number of hydrogen-bond donors (Lipinski definition) is 1. The summed E-state index contributed by atoms with van der Waals surface area (Å²) >= 11 is 1.82. The molecule has 9 nitrogen and oxygen atoms in total. The van der Waals surface area contributed by atoms with Gasteiger partial charge in [-0.2, -0.15) is 5.10 Å². The fourth-order valence-corrected chi connectivity index (χ4v) is 6.01. The maximum atomic E-state index is 13.7. The van der Waals surface area contributed by atoms with Crippen LogP contribution in [0.4, 0.5) is 0 Å². The Labute approximate surface area is 263 Å². The summed E-state index contributed by atoms with van der Waals surface area (Å²) in [5.74, 6) is -0.858. The van der Waals surface area contributed by atoms with Crippen LogP contribution in [-0.4, -0.2) is 68.1 Å². The highest BCUT2D eigenvalue weighted by molar-refractivity contribution is 7.99. The van der Waals surface area contributed by atoms with Gasteiger partial charge < -0.3 is 24.3 Å². The Morgan fingerprint density at radius 2 is 1.45 bits per heavy atom. The number of benzene rings is 2. The monoisotopic (exact) mass is 619 g/mol. The van der Waals surface area contributed by atoms with Gasteiger partial charge in [0.25, 0.3) is 0 Å². The molecule has 44 heavy (non-hydrogen) atoms. The van der Waals surface area contributed by atoms with Gasteiger partial charge in [0, 0.05) is 47.8 Å². The van der Waals surface area contributed by atoms with Gasteiger partial charge >= 0.3 is 11.9 Å². The third-order valence-corrected chi connectivity index (χ3v) is 8.31. The Morgan fingerprint density at radius 3 is 2.00 bits per heavy atom. The van der Waals surface area contributed by atoms with Crippen LogP contribution in [0.2, 0.25) is 0 Å². The van der Waals surface area contributed by atoms with E-state index in [4.69, 9.17) is 24.0 Å². The van der Waals surface area contributed by atoms with Crippen LogP contribution >= 0.6 is 11.8 Å². The number of dihydropyridines is 1. The number of thioether (sulfide) groups is 1. The zero-order chi connectivity index (χ0) is 31.5. The lowest BCUT2D eigenvalue weighted by Gasteiger charge is -2.30. The molecule has 1 aromatic heterocycles. The maximum Gasteiger partial charge on any atom is 0.336 e. The molecule has 1 aliphatic heterocycles. The third kappa shape index (κ3) is 7.99.